The fraction of sp³-hybridized carbons (Fsp3) is 0.294. The zero-order chi connectivity index (χ0) is 18.1. The molecule has 8 heteroatoms. The van der Waals surface area contributed by atoms with E-state index in [1.165, 1.54) is 24.3 Å². The molecule has 0 amide bonds. The number of hydrogen-bond donors (Lipinski definition) is 0. The summed E-state index contributed by atoms with van der Waals surface area (Å²) in [5, 5.41) is 23.5. The Balaban J connectivity index is 2.21. The summed E-state index contributed by atoms with van der Waals surface area (Å²) in [4.78, 5) is 23.4. The van der Waals surface area contributed by atoms with Gasteiger partial charge in [0.25, 0.3) is 11.4 Å². The topological polar surface area (TPSA) is 94.5 Å². The second-order valence-corrected chi connectivity index (χ2v) is 6.23. The minimum Gasteiger partial charge on any atom is -0.340 e. The van der Waals surface area contributed by atoms with E-state index in [-0.39, 0.29) is 11.4 Å². The van der Waals surface area contributed by atoms with Crippen LogP contribution in [0.4, 0.5) is 11.4 Å². The molecule has 0 aliphatic heterocycles. The van der Waals surface area contributed by atoms with Crippen molar-refractivity contribution in [2.75, 3.05) is 20.6 Å². The molecule has 0 radical (unpaired) electrons. The second-order valence-electron chi connectivity index (χ2n) is 6.23. The Bertz CT molecular complexity index is 906. The Morgan fingerprint density at radius 3 is 1.80 bits per heavy atom. The van der Waals surface area contributed by atoms with Crippen molar-refractivity contribution in [2.24, 2.45) is 0 Å². The van der Waals surface area contributed by atoms with E-state index in [1.807, 2.05) is 14.1 Å². The van der Waals surface area contributed by atoms with Gasteiger partial charge < -0.3 is 9.47 Å². The lowest BCUT2D eigenvalue weighted by molar-refractivity contribution is -0.385. The third kappa shape index (κ3) is 3.16. The number of non-ortho nitro benzene ring substituents is 2. The van der Waals surface area contributed by atoms with E-state index < -0.39 is 9.85 Å². The maximum Gasteiger partial charge on any atom is 0.270 e. The zero-order valence-corrected chi connectivity index (χ0v) is 14.0. The normalized spacial score (nSPS) is 11.5. The van der Waals surface area contributed by atoms with Crippen LogP contribution in [-0.4, -0.2) is 40.0 Å². The number of aryl methyl sites for hydroxylation is 1. The van der Waals surface area contributed by atoms with Gasteiger partial charge in [-0.15, -0.1) is 0 Å². The lowest BCUT2D eigenvalue weighted by Gasteiger charge is -2.11. The molecule has 0 fully saturated rings. The molecule has 0 aliphatic carbocycles. The highest BCUT2D eigenvalue weighted by molar-refractivity contribution is 6.09. The van der Waals surface area contributed by atoms with Crippen molar-refractivity contribution < 1.29 is 9.85 Å². The summed E-state index contributed by atoms with van der Waals surface area (Å²) in [5.74, 6) is 0. The maximum absolute atomic E-state index is 11.1. The lowest BCUT2D eigenvalue weighted by Crippen LogP contribution is -2.15. The molecule has 3 aromatic rings. The van der Waals surface area contributed by atoms with Crippen molar-refractivity contribution in [3.63, 3.8) is 0 Å². The molecule has 25 heavy (non-hydrogen) atoms. The number of hydrogen-bond acceptors (Lipinski definition) is 5. The molecule has 8 nitrogen and oxygen atoms in total. The monoisotopic (exact) mass is 342 g/mol. The van der Waals surface area contributed by atoms with E-state index in [4.69, 9.17) is 0 Å². The van der Waals surface area contributed by atoms with Crippen molar-refractivity contribution in [1.29, 1.82) is 0 Å². The smallest absolute Gasteiger partial charge is 0.270 e. The predicted octanol–water partition coefficient (Wildman–Crippen LogP) is 3.56. The number of nitro benzene ring substituents is 2. The van der Waals surface area contributed by atoms with Gasteiger partial charge in [-0.25, -0.2) is 0 Å². The van der Waals surface area contributed by atoms with Crippen LogP contribution in [0.15, 0.2) is 36.4 Å². The number of fused-ring (bicyclic) bond motifs is 3. The molecule has 0 saturated carbocycles. The summed E-state index contributed by atoms with van der Waals surface area (Å²) in [7, 11) is 4.00. The molecular weight excluding hydrogens is 324 g/mol. The summed E-state index contributed by atoms with van der Waals surface area (Å²) >= 11 is 0. The first-order chi connectivity index (χ1) is 11.9. The molecule has 1 heterocycles. The summed E-state index contributed by atoms with van der Waals surface area (Å²) in [5.41, 5.74) is 1.65. The second kappa shape index (κ2) is 6.48. The van der Waals surface area contributed by atoms with Gasteiger partial charge in [0.15, 0.2) is 0 Å². The SMILES string of the molecule is CN(C)CCCn1c2ccc([N+](=O)[O-])cc2c2cc([N+](=O)[O-])ccc21. The average molecular weight is 342 g/mol. The van der Waals surface area contributed by atoms with Crippen LogP contribution in [0.2, 0.25) is 0 Å². The molecule has 0 N–H and O–H groups in total. The standard InChI is InChI=1S/C17H18N4O4/c1-18(2)8-3-9-19-16-6-4-12(20(22)23)10-14(16)15-11-13(21(24)25)5-7-17(15)19/h4-7,10-11H,3,8-9H2,1-2H3. The van der Waals surface area contributed by atoms with Gasteiger partial charge in [0.05, 0.1) is 9.85 Å². The third-order valence-electron chi connectivity index (χ3n) is 4.24. The highest BCUT2D eigenvalue weighted by Gasteiger charge is 2.17. The number of aromatic nitrogens is 1. The van der Waals surface area contributed by atoms with Crippen molar-refractivity contribution in [1.82, 2.24) is 9.47 Å². The van der Waals surface area contributed by atoms with E-state index in [1.54, 1.807) is 12.1 Å². The van der Waals surface area contributed by atoms with Crippen LogP contribution in [0.3, 0.4) is 0 Å². The molecule has 0 spiro atoms. The first-order valence-corrected chi connectivity index (χ1v) is 7.88. The van der Waals surface area contributed by atoms with Gasteiger partial charge in [-0.05, 0) is 39.2 Å². The van der Waals surface area contributed by atoms with Crippen LogP contribution in [0.25, 0.3) is 21.8 Å². The number of nitrogens with zero attached hydrogens (tertiary/aromatic N) is 4. The summed E-state index contributed by atoms with van der Waals surface area (Å²) in [6.07, 6.45) is 0.903. The maximum atomic E-state index is 11.1. The van der Waals surface area contributed by atoms with Gasteiger partial charge in [0, 0.05) is 52.6 Å². The van der Waals surface area contributed by atoms with Crippen LogP contribution in [0, 0.1) is 20.2 Å². The van der Waals surface area contributed by atoms with E-state index >= 15 is 0 Å². The largest absolute Gasteiger partial charge is 0.340 e. The van der Waals surface area contributed by atoms with E-state index in [0.717, 1.165) is 30.5 Å². The lowest BCUT2D eigenvalue weighted by atomic mass is 10.1. The molecule has 3 rings (SSSR count). The van der Waals surface area contributed by atoms with Crippen LogP contribution in [0.5, 0.6) is 0 Å². The quantitative estimate of drug-likeness (QED) is 0.504. The molecule has 0 unspecified atom stereocenters. The van der Waals surface area contributed by atoms with Crippen molar-refractivity contribution in [2.45, 2.75) is 13.0 Å². The van der Waals surface area contributed by atoms with E-state index in [0.29, 0.717) is 10.8 Å². The van der Waals surface area contributed by atoms with Crippen LogP contribution in [0.1, 0.15) is 6.42 Å². The van der Waals surface area contributed by atoms with Crippen molar-refractivity contribution in [3.8, 4) is 0 Å². The summed E-state index contributed by atoms with van der Waals surface area (Å²) in [6.45, 7) is 1.63. The Morgan fingerprint density at radius 2 is 1.40 bits per heavy atom. The van der Waals surface area contributed by atoms with Gasteiger partial charge in [-0.3, -0.25) is 20.2 Å². The summed E-state index contributed by atoms with van der Waals surface area (Å²) < 4.78 is 2.07. The zero-order valence-electron chi connectivity index (χ0n) is 14.0. The molecule has 2 aromatic carbocycles. The molecule has 1 aromatic heterocycles. The van der Waals surface area contributed by atoms with Crippen LogP contribution in [-0.2, 0) is 6.54 Å². The third-order valence-corrected chi connectivity index (χ3v) is 4.24. The number of nitro groups is 2. The fourth-order valence-electron chi connectivity index (χ4n) is 3.09. The van der Waals surface area contributed by atoms with Gasteiger partial charge in [0.2, 0.25) is 0 Å². The van der Waals surface area contributed by atoms with Crippen molar-refractivity contribution >= 4 is 33.2 Å². The first-order valence-electron chi connectivity index (χ1n) is 7.88. The van der Waals surface area contributed by atoms with Crippen molar-refractivity contribution in [3.05, 3.63) is 56.6 Å². The van der Waals surface area contributed by atoms with Gasteiger partial charge >= 0.3 is 0 Å². The fourth-order valence-corrected chi connectivity index (χ4v) is 3.09. The Hall–Kier alpha value is -3.00. The highest BCUT2D eigenvalue weighted by Crippen LogP contribution is 2.34. The molecule has 0 atom stereocenters. The summed E-state index contributed by atoms with van der Waals surface area (Å²) in [6, 6.07) is 9.35. The molecule has 0 saturated heterocycles. The molecule has 0 aliphatic rings. The van der Waals surface area contributed by atoms with E-state index in [2.05, 4.69) is 9.47 Å². The molecular formula is C17H18N4O4. The average Bonchev–Trinajstić information content (AvgIpc) is 2.87. The van der Waals surface area contributed by atoms with Crippen LogP contribution >= 0.6 is 0 Å². The number of benzene rings is 2. The Labute approximate surface area is 143 Å². The Kier molecular flexibility index (Phi) is 4.37. The number of rotatable bonds is 6. The van der Waals surface area contributed by atoms with Gasteiger partial charge in [-0.2, -0.15) is 0 Å². The van der Waals surface area contributed by atoms with Gasteiger partial charge in [0.1, 0.15) is 0 Å². The highest BCUT2D eigenvalue weighted by atomic mass is 16.6. The molecule has 0 bridgehead atoms. The minimum absolute atomic E-state index is 0.0219. The Morgan fingerprint density at radius 1 is 0.920 bits per heavy atom. The first kappa shape index (κ1) is 16.8. The molecule has 130 valence electrons. The predicted molar refractivity (Wildman–Crippen MR) is 95.9 cm³/mol. The minimum atomic E-state index is -0.452. The van der Waals surface area contributed by atoms with Crippen LogP contribution < -0.4 is 0 Å². The van der Waals surface area contributed by atoms with E-state index in [9.17, 15) is 20.2 Å². The van der Waals surface area contributed by atoms with Gasteiger partial charge in [-0.1, -0.05) is 0 Å².